The number of nitrogens with two attached hydrogens (primary N) is 1. The van der Waals surface area contributed by atoms with Gasteiger partial charge in [-0.15, -0.1) is 0 Å². The van der Waals surface area contributed by atoms with E-state index in [4.69, 9.17) is 10.5 Å². The molecule has 0 aliphatic carbocycles. The van der Waals surface area contributed by atoms with Crippen molar-refractivity contribution in [2.45, 2.75) is 40.2 Å². The predicted octanol–water partition coefficient (Wildman–Crippen LogP) is 2.87. The molecule has 0 saturated carbocycles. The van der Waals surface area contributed by atoms with Gasteiger partial charge in [-0.3, -0.25) is 4.79 Å². The smallest absolute Gasteiger partial charge is 0.410 e. The Morgan fingerprint density at radius 1 is 1.12 bits per heavy atom. The Morgan fingerprint density at radius 2 is 1.82 bits per heavy atom. The van der Waals surface area contributed by atoms with Crippen molar-refractivity contribution in [1.29, 1.82) is 0 Å². The topological polar surface area (TPSA) is 142 Å². The summed E-state index contributed by atoms with van der Waals surface area (Å²) >= 11 is 0. The van der Waals surface area contributed by atoms with Gasteiger partial charge in [-0.05, 0) is 52.3 Å². The molecule has 1 fully saturated rings. The second-order valence-electron chi connectivity index (χ2n) is 9.33. The van der Waals surface area contributed by atoms with Gasteiger partial charge in [0.2, 0.25) is 5.95 Å². The van der Waals surface area contributed by atoms with Crippen LogP contribution in [0.15, 0.2) is 18.3 Å². The van der Waals surface area contributed by atoms with Crippen molar-refractivity contribution in [1.82, 2.24) is 24.8 Å². The number of carbonyl (C=O) groups excluding carboxylic acids is 2. The van der Waals surface area contributed by atoms with E-state index in [-0.39, 0.29) is 6.09 Å². The number of piperazine rings is 1. The highest BCUT2D eigenvalue weighted by atomic mass is 16.6. The highest BCUT2D eigenvalue weighted by Gasteiger charge is 2.26. The first-order chi connectivity index (χ1) is 16.0. The molecule has 0 bridgehead atoms. The Bertz CT molecular complexity index is 1220. The molecule has 0 radical (unpaired) electrons. The van der Waals surface area contributed by atoms with Crippen LogP contribution < -0.4 is 16.0 Å². The van der Waals surface area contributed by atoms with E-state index in [2.05, 4.69) is 30.2 Å². The second kappa shape index (κ2) is 8.81. The normalized spacial score (nSPS) is 14.4. The molecule has 3 aromatic heterocycles. The van der Waals surface area contributed by atoms with Gasteiger partial charge in [-0.25, -0.2) is 14.8 Å². The van der Waals surface area contributed by atoms with Gasteiger partial charge < -0.3 is 30.6 Å². The molecule has 34 heavy (non-hydrogen) atoms. The molecule has 0 unspecified atom stereocenters. The lowest BCUT2D eigenvalue weighted by molar-refractivity contribution is 0.0240. The van der Waals surface area contributed by atoms with Crippen molar-refractivity contribution < 1.29 is 14.3 Å². The van der Waals surface area contributed by atoms with E-state index < -0.39 is 11.5 Å². The largest absolute Gasteiger partial charge is 0.444 e. The summed E-state index contributed by atoms with van der Waals surface area (Å²) in [4.78, 5) is 44.2. The minimum atomic E-state index is -0.534. The first-order valence-corrected chi connectivity index (χ1v) is 11.1. The Labute approximate surface area is 197 Å². The van der Waals surface area contributed by atoms with Crippen molar-refractivity contribution in [2.24, 2.45) is 5.73 Å². The molecule has 4 N–H and O–H groups in total. The van der Waals surface area contributed by atoms with E-state index >= 15 is 0 Å². The number of carbonyl (C=O) groups is 2. The molecule has 1 aliphatic rings. The molecule has 11 heteroatoms. The van der Waals surface area contributed by atoms with Crippen LogP contribution in [0.1, 0.15) is 42.5 Å². The van der Waals surface area contributed by atoms with E-state index in [1.165, 1.54) is 0 Å². The number of H-pyrrole nitrogens is 1. The lowest BCUT2D eigenvalue weighted by atomic mass is 10.1. The number of nitrogens with zero attached hydrogens (tertiary/aromatic N) is 5. The van der Waals surface area contributed by atoms with Crippen LogP contribution >= 0.6 is 0 Å². The molecule has 11 nitrogen and oxygen atoms in total. The van der Waals surface area contributed by atoms with E-state index in [0.29, 0.717) is 49.3 Å². The number of nitrogens with one attached hydrogen (secondary N) is 2. The molecule has 0 spiro atoms. The van der Waals surface area contributed by atoms with Gasteiger partial charge in [-0.2, -0.15) is 4.98 Å². The number of ether oxygens (including phenoxy) is 1. The number of fused-ring (bicyclic) bond motifs is 1. The fourth-order valence-corrected chi connectivity index (χ4v) is 3.99. The Hall–Kier alpha value is -3.89. The third kappa shape index (κ3) is 4.87. The molecule has 1 saturated heterocycles. The van der Waals surface area contributed by atoms with Gasteiger partial charge in [0, 0.05) is 31.6 Å². The Kier molecular flexibility index (Phi) is 6.03. The number of amides is 2. The minimum absolute atomic E-state index is 0.280. The number of pyridine rings is 1. The van der Waals surface area contributed by atoms with E-state index in [9.17, 15) is 9.59 Å². The zero-order valence-electron chi connectivity index (χ0n) is 20.1. The van der Waals surface area contributed by atoms with Gasteiger partial charge >= 0.3 is 6.09 Å². The number of aromatic nitrogens is 4. The summed E-state index contributed by atoms with van der Waals surface area (Å²) in [6.45, 7) is 11.8. The molecule has 2 amide bonds. The van der Waals surface area contributed by atoms with Crippen LogP contribution in [0.3, 0.4) is 0 Å². The van der Waals surface area contributed by atoms with Crippen molar-refractivity contribution >= 4 is 40.5 Å². The number of aromatic amines is 1. The summed E-state index contributed by atoms with van der Waals surface area (Å²) in [6.07, 6.45) is 1.50. The summed E-state index contributed by atoms with van der Waals surface area (Å²) in [5.41, 5.74) is 8.24. The van der Waals surface area contributed by atoms with Crippen LogP contribution in [0.4, 0.5) is 22.2 Å². The second-order valence-corrected chi connectivity index (χ2v) is 9.33. The van der Waals surface area contributed by atoms with Gasteiger partial charge in [0.1, 0.15) is 22.8 Å². The lowest BCUT2D eigenvalue weighted by Crippen LogP contribution is -2.50. The van der Waals surface area contributed by atoms with Crippen LogP contribution in [-0.2, 0) is 4.74 Å². The van der Waals surface area contributed by atoms with E-state index in [0.717, 1.165) is 22.3 Å². The molecular weight excluding hydrogens is 436 g/mol. The molecule has 180 valence electrons. The molecule has 4 heterocycles. The maximum Gasteiger partial charge on any atom is 0.410 e. The predicted molar refractivity (Wildman–Crippen MR) is 129 cm³/mol. The fourth-order valence-electron chi connectivity index (χ4n) is 3.99. The third-order valence-electron chi connectivity index (χ3n) is 5.61. The molecule has 3 aromatic rings. The molecular formula is C23H30N8O3. The number of hydrogen-bond acceptors (Lipinski definition) is 8. The molecule has 1 aliphatic heterocycles. The first kappa shape index (κ1) is 23.3. The maximum absolute atomic E-state index is 12.3. The number of primary amides is 1. The average molecular weight is 467 g/mol. The van der Waals surface area contributed by atoms with Gasteiger partial charge in [0.05, 0.1) is 17.6 Å². The summed E-state index contributed by atoms with van der Waals surface area (Å²) in [5, 5.41) is 3.90. The Morgan fingerprint density at radius 3 is 2.41 bits per heavy atom. The minimum Gasteiger partial charge on any atom is -0.444 e. The zero-order valence-corrected chi connectivity index (χ0v) is 20.1. The zero-order chi connectivity index (χ0) is 24.6. The Balaban J connectivity index is 1.41. The highest BCUT2D eigenvalue weighted by Crippen LogP contribution is 2.25. The quantitative estimate of drug-likeness (QED) is 0.533. The first-order valence-electron chi connectivity index (χ1n) is 11.1. The summed E-state index contributed by atoms with van der Waals surface area (Å²) in [6, 6.07) is 3.82. The van der Waals surface area contributed by atoms with E-state index in [1.807, 2.05) is 46.8 Å². The fraction of sp³-hybridized carbons (Fsp3) is 0.435. The number of anilines is 3. The molecule has 0 atom stereocenters. The lowest BCUT2D eigenvalue weighted by Gasteiger charge is -2.36. The van der Waals surface area contributed by atoms with Gasteiger partial charge in [0.25, 0.3) is 5.91 Å². The van der Waals surface area contributed by atoms with Crippen LogP contribution in [0.5, 0.6) is 0 Å². The van der Waals surface area contributed by atoms with E-state index in [1.54, 1.807) is 11.1 Å². The summed E-state index contributed by atoms with van der Waals surface area (Å²) in [7, 11) is 0. The summed E-state index contributed by atoms with van der Waals surface area (Å²) < 4.78 is 5.46. The maximum atomic E-state index is 12.3. The standard InChI is InChI=1S/C23H30N8O3/c1-13-17-14(2)26-21(29-20(17)28-18(13)19(24)32)27-16-7-6-15(12-25-16)30-8-10-31(11-9-30)22(33)34-23(3,4)5/h6-7,12H,8-11H2,1-5H3,(H2,24,32)(H2,25,26,27,28,29). The summed E-state index contributed by atoms with van der Waals surface area (Å²) in [5.74, 6) is 0.426. The average Bonchev–Trinajstić information content (AvgIpc) is 3.10. The van der Waals surface area contributed by atoms with Crippen molar-refractivity contribution in [2.75, 3.05) is 36.4 Å². The van der Waals surface area contributed by atoms with Crippen molar-refractivity contribution in [3.05, 3.63) is 35.3 Å². The third-order valence-corrected chi connectivity index (χ3v) is 5.61. The monoisotopic (exact) mass is 466 g/mol. The number of rotatable bonds is 4. The molecule has 4 rings (SSSR count). The SMILES string of the molecule is Cc1nc(Nc2ccc(N3CCN(C(=O)OC(C)(C)C)CC3)cn2)nc2[nH]c(C(N)=O)c(C)c12. The van der Waals surface area contributed by atoms with Crippen molar-refractivity contribution in [3.8, 4) is 0 Å². The van der Waals surface area contributed by atoms with Crippen LogP contribution in [-0.4, -0.2) is 68.6 Å². The number of hydrogen-bond donors (Lipinski definition) is 3. The van der Waals surface area contributed by atoms with Crippen molar-refractivity contribution in [3.63, 3.8) is 0 Å². The van der Waals surface area contributed by atoms with Gasteiger partial charge in [0.15, 0.2) is 0 Å². The molecule has 0 aromatic carbocycles. The van der Waals surface area contributed by atoms with Gasteiger partial charge in [-0.1, -0.05) is 0 Å². The number of aryl methyl sites for hydroxylation is 2. The van der Waals surface area contributed by atoms with Crippen LogP contribution in [0, 0.1) is 13.8 Å². The van der Waals surface area contributed by atoms with Crippen LogP contribution in [0.2, 0.25) is 0 Å². The van der Waals surface area contributed by atoms with Crippen LogP contribution in [0.25, 0.3) is 11.0 Å². The highest BCUT2D eigenvalue weighted by molar-refractivity contribution is 5.99.